The highest BCUT2D eigenvalue weighted by atomic mass is 16.5. The van der Waals surface area contributed by atoms with Crippen LogP contribution in [0.25, 0.3) is 33.4 Å². The number of rotatable bonds is 9. The van der Waals surface area contributed by atoms with Crippen molar-refractivity contribution in [2.24, 2.45) is 0 Å². The van der Waals surface area contributed by atoms with Gasteiger partial charge in [-0.15, -0.1) is 10.2 Å². The zero-order chi connectivity index (χ0) is 24.0. The number of nitrogens with one attached hydrogen (secondary N) is 2. The van der Waals surface area contributed by atoms with E-state index in [1.807, 2.05) is 43.3 Å². The molecule has 2 aromatic heterocycles. The molecule has 0 spiro atoms. The lowest BCUT2D eigenvalue weighted by Gasteiger charge is -2.13. The molecule has 2 heterocycles. The molecule has 0 bridgehead atoms. The van der Waals surface area contributed by atoms with Gasteiger partial charge in [-0.3, -0.25) is 0 Å². The maximum atomic E-state index is 5.83. The summed E-state index contributed by atoms with van der Waals surface area (Å²) in [5, 5.41) is 20.1. The van der Waals surface area contributed by atoms with E-state index in [1.54, 1.807) is 13.4 Å². The van der Waals surface area contributed by atoms with Crippen LogP contribution in [0.5, 0.6) is 11.5 Å². The second kappa shape index (κ2) is 10.2. The quantitative estimate of drug-likeness (QED) is 0.325. The van der Waals surface area contributed by atoms with Gasteiger partial charge in [0, 0.05) is 23.7 Å². The molecule has 5 aromatic rings. The fourth-order valence-electron chi connectivity index (χ4n) is 4.11. The molecule has 0 saturated carbocycles. The molecule has 0 fully saturated rings. The number of H-pyrrole nitrogens is 1. The van der Waals surface area contributed by atoms with Crippen molar-refractivity contribution in [2.45, 2.75) is 13.3 Å². The van der Waals surface area contributed by atoms with Crippen LogP contribution >= 0.6 is 0 Å². The summed E-state index contributed by atoms with van der Waals surface area (Å²) in [4.78, 5) is 8.86. The second-order valence-electron chi connectivity index (χ2n) is 7.81. The van der Waals surface area contributed by atoms with E-state index in [-0.39, 0.29) is 0 Å². The normalized spacial score (nSPS) is 10.9. The highest BCUT2D eigenvalue weighted by molar-refractivity contribution is 5.87. The molecule has 0 aliphatic heterocycles. The van der Waals surface area contributed by atoms with Crippen molar-refractivity contribution in [2.75, 3.05) is 25.6 Å². The molecule has 0 aliphatic rings. The molecule has 0 atom stereocenters. The van der Waals surface area contributed by atoms with Gasteiger partial charge >= 0.3 is 0 Å². The topological polar surface area (TPSA) is 111 Å². The summed E-state index contributed by atoms with van der Waals surface area (Å²) < 4.78 is 11.5. The van der Waals surface area contributed by atoms with Crippen LogP contribution in [0.4, 0.5) is 5.82 Å². The molecule has 0 amide bonds. The number of fused-ring (bicyclic) bond motifs is 1. The summed E-state index contributed by atoms with van der Waals surface area (Å²) in [6.07, 6.45) is 2.35. The third-order valence-corrected chi connectivity index (χ3v) is 5.73. The predicted octanol–water partition coefficient (Wildman–Crippen LogP) is 4.54. The smallest absolute Gasteiger partial charge is 0.208 e. The van der Waals surface area contributed by atoms with E-state index in [2.05, 4.69) is 60.2 Å². The van der Waals surface area contributed by atoms with Gasteiger partial charge in [-0.1, -0.05) is 36.4 Å². The molecule has 2 N–H and O–H groups in total. The molecular weight excluding hydrogens is 442 g/mol. The first-order chi connectivity index (χ1) is 17.3. The van der Waals surface area contributed by atoms with Gasteiger partial charge < -0.3 is 14.8 Å². The minimum absolute atomic E-state index is 0.480. The lowest BCUT2D eigenvalue weighted by Crippen LogP contribution is -2.08. The number of ether oxygens (including phenoxy) is 2. The van der Waals surface area contributed by atoms with E-state index in [0.717, 1.165) is 34.8 Å². The van der Waals surface area contributed by atoms with Crippen molar-refractivity contribution < 1.29 is 9.47 Å². The van der Waals surface area contributed by atoms with Crippen LogP contribution in [0.3, 0.4) is 0 Å². The number of tetrazole rings is 1. The Morgan fingerprint density at radius 2 is 1.89 bits per heavy atom. The molecule has 5 rings (SSSR count). The Morgan fingerprint density at radius 3 is 2.71 bits per heavy atom. The summed E-state index contributed by atoms with van der Waals surface area (Å²) in [5.74, 6) is 2.78. The summed E-state index contributed by atoms with van der Waals surface area (Å²) in [5.41, 5.74) is 3.62. The summed E-state index contributed by atoms with van der Waals surface area (Å²) in [7, 11) is 1.71. The van der Waals surface area contributed by atoms with Crippen molar-refractivity contribution in [3.05, 3.63) is 72.6 Å². The van der Waals surface area contributed by atoms with Crippen molar-refractivity contribution >= 4 is 16.6 Å². The average molecular weight is 468 g/mol. The Morgan fingerprint density at radius 1 is 0.971 bits per heavy atom. The Balaban J connectivity index is 1.35. The summed E-state index contributed by atoms with van der Waals surface area (Å²) >= 11 is 0. The van der Waals surface area contributed by atoms with Gasteiger partial charge in [0.1, 0.15) is 23.6 Å². The first kappa shape index (κ1) is 22.3. The molecule has 35 heavy (non-hydrogen) atoms. The maximum Gasteiger partial charge on any atom is 0.208 e. The fourth-order valence-corrected chi connectivity index (χ4v) is 4.11. The Bertz CT molecular complexity index is 1440. The van der Waals surface area contributed by atoms with E-state index in [0.29, 0.717) is 24.7 Å². The van der Waals surface area contributed by atoms with E-state index >= 15 is 0 Å². The third kappa shape index (κ3) is 4.74. The fraction of sp³-hybridized carbons (Fsp3) is 0.192. The van der Waals surface area contributed by atoms with E-state index in [9.17, 15) is 0 Å². The van der Waals surface area contributed by atoms with Crippen molar-refractivity contribution in [3.63, 3.8) is 0 Å². The average Bonchev–Trinajstić information content (AvgIpc) is 3.44. The number of aromatic amines is 1. The minimum Gasteiger partial charge on any atom is -0.496 e. The van der Waals surface area contributed by atoms with Crippen LogP contribution in [0.1, 0.15) is 12.5 Å². The van der Waals surface area contributed by atoms with Gasteiger partial charge in [-0.25, -0.2) is 9.97 Å². The Kier molecular flexibility index (Phi) is 6.47. The lowest BCUT2D eigenvalue weighted by molar-refractivity contribution is 0.341. The Hall–Kier alpha value is -4.53. The van der Waals surface area contributed by atoms with Crippen LogP contribution in [-0.2, 0) is 6.42 Å². The van der Waals surface area contributed by atoms with Crippen molar-refractivity contribution in [1.29, 1.82) is 0 Å². The van der Waals surface area contributed by atoms with Crippen LogP contribution in [-0.4, -0.2) is 50.9 Å². The van der Waals surface area contributed by atoms with Gasteiger partial charge in [0.05, 0.1) is 25.0 Å². The molecule has 0 radical (unpaired) electrons. The molecular formula is C26H25N7O2. The monoisotopic (exact) mass is 467 g/mol. The maximum absolute atomic E-state index is 5.83. The van der Waals surface area contributed by atoms with Crippen LogP contribution in [0.15, 0.2) is 67.0 Å². The van der Waals surface area contributed by atoms with Crippen LogP contribution < -0.4 is 14.8 Å². The number of aromatic nitrogens is 6. The predicted molar refractivity (Wildman–Crippen MR) is 135 cm³/mol. The molecule has 176 valence electrons. The number of nitrogens with zero attached hydrogens (tertiary/aromatic N) is 5. The van der Waals surface area contributed by atoms with Crippen molar-refractivity contribution in [3.8, 4) is 34.1 Å². The molecule has 0 unspecified atom stereocenters. The molecule has 3 aromatic carbocycles. The van der Waals surface area contributed by atoms with Gasteiger partial charge in [-0.05, 0) is 47.5 Å². The molecule has 0 aliphatic carbocycles. The number of benzene rings is 3. The first-order valence-electron chi connectivity index (χ1n) is 11.4. The van der Waals surface area contributed by atoms with Gasteiger partial charge in [0.2, 0.25) is 5.82 Å². The largest absolute Gasteiger partial charge is 0.496 e. The van der Waals surface area contributed by atoms with Gasteiger partial charge in [-0.2, -0.15) is 5.21 Å². The third-order valence-electron chi connectivity index (χ3n) is 5.73. The second-order valence-corrected chi connectivity index (χ2v) is 7.81. The van der Waals surface area contributed by atoms with Crippen molar-refractivity contribution in [1.82, 2.24) is 30.6 Å². The zero-order valence-electron chi connectivity index (χ0n) is 19.5. The van der Waals surface area contributed by atoms with Gasteiger partial charge in [0.25, 0.3) is 0 Å². The van der Waals surface area contributed by atoms with E-state index < -0.39 is 0 Å². The van der Waals surface area contributed by atoms with Crippen LogP contribution in [0, 0.1) is 0 Å². The molecule has 0 saturated heterocycles. The summed E-state index contributed by atoms with van der Waals surface area (Å²) in [6.45, 7) is 3.15. The number of anilines is 1. The standard InChI is InChI=1S/C26H25N7O2/c1-3-35-24-14-18(8-10-21(24)26-30-32-33-31-26)22-15-25(29-16-28-22)27-13-12-20-19-7-5-4-6-17(19)9-11-23(20)34-2/h4-11,14-16H,3,12-13H2,1-2H3,(H,27,28,29)(H,30,31,32,33). The van der Waals surface area contributed by atoms with E-state index in [1.165, 1.54) is 16.3 Å². The number of hydrogen-bond acceptors (Lipinski definition) is 8. The molecule has 9 nitrogen and oxygen atoms in total. The highest BCUT2D eigenvalue weighted by Crippen LogP contribution is 2.32. The number of methoxy groups -OCH3 is 1. The Labute approximate surface area is 202 Å². The summed E-state index contributed by atoms with van der Waals surface area (Å²) in [6, 6.07) is 20.2. The van der Waals surface area contributed by atoms with E-state index in [4.69, 9.17) is 9.47 Å². The SMILES string of the molecule is CCOc1cc(-c2cc(NCCc3c(OC)ccc4ccccc34)ncn2)ccc1-c1nn[nH]n1. The first-order valence-corrected chi connectivity index (χ1v) is 11.4. The zero-order valence-corrected chi connectivity index (χ0v) is 19.5. The number of hydrogen-bond donors (Lipinski definition) is 2. The highest BCUT2D eigenvalue weighted by Gasteiger charge is 2.13. The van der Waals surface area contributed by atoms with Gasteiger partial charge in [0.15, 0.2) is 0 Å². The molecule has 9 heteroatoms. The minimum atomic E-state index is 0.480. The lowest BCUT2D eigenvalue weighted by atomic mass is 10.0. The van der Waals surface area contributed by atoms with Crippen LogP contribution in [0.2, 0.25) is 0 Å².